The van der Waals surface area contributed by atoms with Crippen LogP contribution in [0, 0.1) is 0 Å². The Balaban J connectivity index is 1.55. The molecule has 1 aliphatic rings. The van der Waals surface area contributed by atoms with Gasteiger partial charge in [0.1, 0.15) is 0 Å². The lowest BCUT2D eigenvalue weighted by atomic mass is 10.1. The zero-order valence-corrected chi connectivity index (χ0v) is 12.5. The smallest absolute Gasteiger partial charge is 0.354 e. The van der Waals surface area contributed by atoms with Crippen molar-refractivity contribution in [2.45, 2.75) is 13.1 Å². The molecule has 6 nitrogen and oxygen atoms in total. The highest BCUT2D eigenvalue weighted by atomic mass is 16.5. The molecule has 0 fully saturated rings. The SMILES string of the molecule is O=c1[nH]c(-c2ccc(CN3CNCc4ccccc43)cc2)no1. The molecule has 0 amide bonds. The molecule has 23 heavy (non-hydrogen) atoms. The Morgan fingerprint density at radius 1 is 1.13 bits per heavy atom. The Kier molecular flexibility index (Phi) is 3.44. The molecule has 116 valence electrons. The summed E-state index contributed by atoms with van der Waals surface area (Å²) in [6, 6.07) is 16.4. The van der Waals surface area contributed by atoms with Crippen molar-refractivity contribution in [3.05, 3.63) is 70.2 Å². The van der Waals surface area contributed by atoms with Gasteiger partial charge in [-0.3, -0.25) is 14.8 Å². The fraction of sp³-hybridized carbons (Fsp3) is 0.176. The number of hydrogen-bond acceptors (Lipinski definition) is 5. The highest BCUT2D eigenvalue weighted by Crippen LogP contribution is 2.25. The summed E-state index contributed by atoms with van der Waals surface area (Å²) in [6.45, 7) is 2.56. The zero-order valence-electron chi connectivity index (χ0n) is 12.5. The number of H-pyrrole nitrogens is 1. The number of fused-ring (bicyclic) bond motifs is 1. The third-order valence-corrected chi connectivity index (χ3v) is 3.99. The van der Waals surface area contributed by atoms with Gasteiger partial charge in [-0.2, -0.15) is 0 Å². The number of nitrogens with one attached hydrogen (secondary N) is 2. The van der Waals surface area contributed by atoms with E-state index in [4.69, 9.17) is 0 Å². The number of rotatable bonds is 3. The average Bonchev–Trinajstić information content (AvgIpc) is 3.02. The van der Waals surface area contributed by atoms with Crippen LogP contribution in [0.5, 0.6) is 0 Å². The number of anilines is 1. The van der Waals surface area contributed by atoms with Crippen molar-refractivity contribution in [1.29, 1.82) is 0 Å². The monoisotopic (exact) mass is 308 g/mol. The van der Waals surface area contributed by atoms with Gasteiger partial charge in [0.05, 0.1) is 6.67 Å². The number of aromatic nitrogens is 2. The molecule has 6 heteroatoms. The van der Waals surface area contributed by atoms with Gasteiger partial charge in [0.2, 0.25) is 0 Å². The van der Waals surface area contributed by atoms with E-state index in [1.807, 2.05) is 24.3 Å². The van der Waals surface area contributed by atoms with E-state index in [-0.39, 0.29) is 0 Å². The lowest BCUT2D eigenvalue weighted by molar-refractivity contribution is 0.388. The molecule has 2 heterocycles. The van der Waals surface area contributed by atoms with Crippen molar-refractivity contribution in [3.8, 4) is 11.4 Å². The molecule has 0 unspecified atom stereocenters. The molecule has 0 saturated carbocycles. The van der Waals surface area contributed by atoms with E-state index in [0.29, 0.717) is 5.82 Å². The minimum Gasteiger partial charge on any atom is -0.354 e. The predicted molar refractivity (Wildman–Crippen MR) is 86.9 cm³/mol. The van der Waals surface area contributed by atoms with E-state index < -0.39 is 5.76 Å². The summed E-state index contributed by atoms with van der Waals surface area (Å²) in [4.78, 5) is 15.9. The maximum Gasteiger partial charge on any atom is 0.439 e. The van der Waals surface area contributed by atoms with Gasteiger partial charge >= 0.3 is 5.76 Å². The van der Waals surface area contributed by atoms with Crippen molar-refractivity contribution in [2.24, 2.45) is 0 Å². The van der Waals surface area contributed by atoms with Gasteiger partial charge < -0.3 is 4.90 Å². The summed E-state index contributed by atoms with van der Waals surface area (Å²) in [5.74, 6) is -0.0911. The summed E-state index contributed by atoms with van der Waals surface area (Å²) < 4.78 is 4.53. The summed E-state index contributed by atoms with van der Waals surface area (Å²) in [5, 5.41) is 7.11. The van der Waals surface area contributed by atoms with Crippen LogP contribution < -0.4 is 16.0 Å². The number of hydrogen-bond donors (Lipinski definition) is 2. The average molecular weight is 308 g/mol. The third kappa shape index (κ3) is 2.76. The standard InChI is InChI=1S/C17H16N4O2/c22-17-19-16(20-23-17)13-7-5-12(6-8-13)10-21-11-18-9-14-3-1-2-4-15(14)21/h1-8,18H,9-11H2,(H,19,20,22). The molecule has 3 aromatic rings. The summed E-state index contributed by atoms with van der Waals surface area (Å²) in [6.07, 6.45) is 0. The van der Waals surface area contributed by atoms with E-state index in [0.717, 1.165) is 25.3 Å². The molecule has 2 N–H and O–H groups in total. The Morgan fingerprint density at radius 3 is 2.74 bits per heavy atom. The number of nitrogens with zero attached hydrogens (tertiary/aromatic N) is 2. The lowest BCUT2D eigenvalue weighted by Crippen LogP contribution is -2.38. The Hall–Kier alpha value is -2.86. The Morgan fingerprint density at radius 2 is 1.96 bits per heavy atom. The van der Waals surface area contributed by atoms with Gasteiger partial charge in [-0.05, 0) is 17.2 Å². The first kappa shape index (κ1) is 13.8. The van der Waals surface area contributed by atoms with Crippen LogP contribution in [0.2, 0.25) is 0 Å². The van der Waals surface area contributed by atoms with Crippen LogP contribution in [-0.2, 0) is 13.1 Å². The van der Waals surface area contributed by atoms with Crippen molar-refractivity contribution in [2.75, 3.05) is 11.6 Å². The molecule has 1 aromatic heterocycles. The Labute approximate surface area is 132 Å². The number of para-hydroxylation sites is 1. The van der Waals surface area contributed by atoms with Crippen LogP contribution in [-0.4, -0.2) is 16.8 Å². The first-order chi connectivity index (χ1) is 11.3. The van der Waals surface area contributed by atoms with Gasteiger partial charge in [-0.1, -0.05) is 47.6 Å². The summed E-state index contributed by atoms with van der Waals surface area (Å²) >= 11 is 0. The number of benzene rings is 2. The van der Waals surface area contributed by atoms with E-state index in [1.165, 1.54) is 16.8 Å². The van der Waals surface area contributed by atoms with E-state index in [2.05, 4.69) is 49.1 Å². The van der Waals surface area contributed by atoms with Gasteiger partial charge in [0, 0.05) is 24.3 Å². The minimum absolute atomic E-state index is 0.450. The topological polar surface area (TPSA) is 74.2 Å². The molecular weight excluding hydrogens is 292 g/mol. The molecule has 0 radical (unpaired) electrons. The maximum atomic E-state index is 11.0. The van der Waals surface area contributed by atoms with Crippen LogP contribution in [0.3, 0.4) is 0 Å². The lowest BCUT2D eigenvalue weighted by Gasteiger charge is -2.32. The quantitative estimate of drug-likeness (QED) is 0.775. The van der Waals surface area contributed by atoms with Crippen LogP contribution in [0.15, 0.2) is 57.8 Å². The van der Waals surface area contributed by atoms with E-state index in [1.54, 1.807) is 0 Å². The Bertz CT molecular complexity index is 867. The maximum absolute atomic E-state index is 11.0. The molecule has 1 aliphatic heterocycles. The fourth-order valence-corrected chi connectivity index (χ4v) is 2.86. The molecule has 4 rings (SSSR count). The first-order valence-corrected chi connectivity index (χ1v) is 7.48. The summed E-state index contributed by atoms with van der Waals surface area (Å²) in [7, 11) is 0. The van der Waals surface area contributed by atoms with Crippen LogP contribution in [0.25, 0.3) is 11.4 Å². The molecule has 0 aliphatic carbocycles. The summed E-state index contributed by atoms with van der Waals surface area (Å²) in [5.41, 5.74) is 4.61. The highest BCUT2D eigenvalue weighted by molar-refractivity contribution is 5.57. The van der Waals surface area contributed by atoms with Crippen LogP contribution in [0.1, 0.15) is 11.1 Å². The zero-order chi connectivity index (χ0) is 15.6. The van der Waals surface area contributed by atoms with Gasteiger partial charge in [0.15, 0.2) is 5.82 Å². The molecule has 0 bridgehead atoms. The van der Waals surface area contributed by atoms with Gasteiger partial charge in [-0.25, -0.2) is 4.79 Å². The van der Waals surface area contributed by atoms with Crippen molar-refractivity contribution < 1.29 is 4.52 Å². The first-order valence-electron chi connectivity index (χ1n) is 7.48. The molecular formula is C17H16N4O2. The van der Waals surface area contributed by atoms with Gasteiger partial charge in [-0.15, -0.1) is 0 Å². The molecule has 0 atom stereocenters. The van der Waals surface area contributed by atoms with Gasteiger partial charge in [0.25, 0.3) is 0 Å². The van der Waals surface area contributed by atoms with E-state index >= 15 is 0 Å². The van der Waals surface area contributed by atoms with Crippen LogP contribution in [0.4, 0.5) is 5.69 Å². The normalized spacial score (nSPS) is 13.8. The molecule has 2 aromatic carbocycles. The molecule has 0 spiro atoms. The highest BCUT2D eigenvalue weighted by Gasteiger charge is 2.15. The molecule has 0 saturated heterocycles. The second-order valence-electron chi connectivity index (χ2n) is 5.55. The minimum atomic E-state index is -0.542. The fourth-order valence-electron chi connectivity index (χ4n) is 2.86. The van der Waals surface area contributed by atoms with Crippen molar-refractivity contribution in [3.63, 3.8) is 0 Å². The number of aromatic amines is 1. The predicted octanol–water partition coefficient (Wildman–Crippen LogP) is 2.10. The van der Waals surface area contributed by atoms with E-state index in [9.17, 15) is 4.79 Å². The third-order valence-electron chi connectivity index (χ3n) is 3.99. The van der Waals surface area contributed by atoms with Crippen molar-refractivity contribution >= 4 is 5.69 Å². The second-order valence-corrected chi connectivity index (χ2v) is 5.55. The largest absolute Gasteiger partial charge is 0.439 e. The van der Waals surface area contributed by atoms with Crippen molar-refractivity contribution in [1.82, 2.24) is 15.5 Å². The second kappa shape index (κ2) is 5.73. The van der Waals surface area contributed by atoms with Crippen LogP contribution >= 0.6 is 0 Å².